The predicted molar refractivity (Wildman–Crippen MR) is 238 cm³/mol. The van der Waals surface area contributed by atoms with Gasteiger partial charge in [-0.3, -0.25) is 4.79 Å². The smallest absolute Gasteiger partial charge is 0.306 e. The molecule has 2 rings (SSSR count). The molecule has 358 valence electrons. The van der Waals surface area contributed by atoms with Gasteiger partial charge >= 0.3 is 5.97 Å². The summed E-state index contributed by atoms with van der Waals surface area (Å²) in [5.41, 5.74) is 0. The molecule has 0 amide bonds. The van der Waals surface area contributed by atoms with Gasteiger partial charge in [-0.25, -0.2) is 0 Å². The monoisotopic (exact) mass is 883 g/mol. The predicted octanol–water partition coefficient (Wildman–Crippen LogP) is 5.79. The first kappa shape index (κ1) is 55.8. The Bertz CT molecular complexity index is 1250. The number of esters is 1. The minimum atomic E-state index is -1.71. The summed E-state index contributed by atoms with van der Waals surface area (Å²) in [5.74, 6) is -0.397. The number of carbonyl (C=O) groups is 1. The van der Waals surface area contributed by atoms with E-state index >= 15 is 0 Å². The number of allylic oxidation sites excluding steroid dienone is 10. The third-order valence-corrected chi connectivity index (χ3v) is 10.8. The molecule has 0 aromatic carbocycles. The fourth-order valence-electron chi connectivity index (χ4n) is 6.96. The number of ether oxygens (including phenoxy) is 6. The largest absolute Gasteiger partial charge is 0.457 e. The van der Waals surface area contributed by atoms with Crippen molar-refractivity contribution in [1.82, 2.24) is 0 Å². The average Bonchev–Trinajstić information content (AvgIpc) is 3.27. The van der Waals surface area contributed by atoms with Gasteiger partial charge in [-0.05, 0) is 57.8 Å². The minimum absolute atomic E-state index is 0.0308. The van der Waals surface area contributed by atoms with Gasteiger partial charge in [0, 0.05) is 13.0 Å². The molecule has 62 heavy (non-hydrogen) atoms. The second-order valence-electron chi connectivity index (χ2n) is 16.2. The Hall–Kier alpha value is -2.31. The molecule has 14 nitrogen and oxygen atoms in total. The van der Waals surface area contributed by atoms with Gasteiger partial charge in [0.15, 0.2) is 12.6 Å². The Balaban J connectivity index is 1.82. The molecule has 2 aliphatic heterocycles. The minimum Gasteiger partial charge on any atom is -0.457 e. The van der Waals surface area contributed by atoms with Gasteiger partial charge in [-0.1, -0.05) is 132 Å². The van der Waals surface area contributed by atoms with Crippen LogP contribution in [0.2, 0.25) is 0 Å². The second kappa shape index (κ2) is 36.0. The van der Waals surface area contributed by atoms with E-state index in [1.807, 2.05) is 0 Å². The molecule has 0 aliphatic carbocycles. The summed E-state index contributed by atoms with van der Waals surface area (Å²) in [5, 5.41) is 71.9. The van der Waals surface area contributed by atoms with E-state index in [2.05, 4.69) is 74.6 Å². The van der Waals surface area contributed by atoms with E-state index in [9.17, 15) is 40.5 Å². The van der Waals surface area contributed by atoms with E-state index in [1.54, 1.807) is 0 Å². The molecule has 0 radical (unpaired) electrons. The maximum absolute atomic E-state index is 12.9. The number of carbonyl (C=O) groups excluding carboxylic acids is 1. The summed E-state index contributed by atoms with van der Waals surface area (Å²) < 4.78 is 34.1. The van der Waals surface area contributed by atoms with Crippen LogP contribution in [0, 0.1) is 0 Å². The lowest BCUT2D eigenvalue weighted by molar-refractivity contribution is -0.332. The fourth-order valence-corrected chi connectivity index (χ4v) is 6.96. The van der Waals surface area contributed by atoms with Crippen molar-refractivity contribution in [3.8, 4) is 0 Å². The van der Waals surface area contributed by atoms with E-state index in [4.69, 9.17) is 28.4 Å². The van der Waals surface area contributed by atoms with Crippen molar-refractivity contribution in [3.05, 3.63) is 60.8 Å². The topological polar surface area (TPSA) is 214 Å². The Labute approximate surface area is 371 Å². The van der Waals surface area contributed by atoms with Crippen LogP contribution in [-0.4, -0.2) is 142 Å². The van der Waals surface area contributed by atoms with E-state index in [0.29, 0.717) is 13.0 Å². The highest BCUT2D eigenvalue weighted by Gasteiger charge is 2.47. The molecule has 0 bridgehead atoms. The lowest BCUT2D eigenvalue weighted by Gasteiger charge is -2.42. The molecule has 11 unspecified atom stereocenters. The van der Waals surface area contributed by atoms with Crippen LogP contribution < -0.4 is 0 Å². The molecular weight excluding hydrogens is 801 g/mol. The zero-order valence-corrected chi connectivity index (χ0v) is 37.6. The van der Waals surface area contributed by atoms with Crippen LogP contribution in [0.15, 0.2) is 60.8 Å². The van der Waals surface area contributed by atoms with Gasteiger partial charge in [0.25, 0.3) is 0 Å². The zero-order chi connectivity index (χ0) is 45.2. The molecule has 0 saturated carbocycles. The molecule has 0 aromatic heterocycles. The van der Waals surface area contributed by atoms with Gasteiger partial charge in [0.2, 0.25) is 0 Å². The molecular formula is C48H82O14. The summed E-state index contributed by atoms with van der Waals surface area (Å²) >= 11 is 0. The van der Waals surface area contributed by atoms with Crippen molar-refractivity contribution in [3.63, 3.8) is 0 Å². The highest BCUT2D eigenvalue weighted by Crippen LogP contribution is 2.26. The number of unbranched alkanes of at least 4 members (excludes halogenated alkanes) is 11. The van der Waals surface area contributed by atoms with Crippen LogP contribution in [-0.2, 0) is 33.2 Å². The molecule has 2 heterocycles. The normalized spacial score (nSPS) is 27.8. The first-order chi connectivity index (χ1) is 30.1. The first-order valence-electron chi connectivity index (χ1n) is 23.4. The lowest BCUT2D eigenvalue weighted by atomic mass is 9.98. The van der Waals surface area contributed by atoms with Crippen LogP contribution in [0.4, 0.5) is 0 Å². The Morgan fingerprint density at radius 3 is 1.61 bits per heavy atom. The van der Waals surface area contributed by atoms with E-state index < -0.39 is 86.7 Å². The molecule has 2 aliphatic rings. The molecule has 2 saturated heterocycles. The van der Waals surface area contributed by atoms with Gasteiger partial charge in [-0.2, -0.15) is 0 Å². The molecule has 11 atom stereocenters. The van der Waals surface area contributed by atoms with E-state index in [-0.39, 0.29) is 19.6 Å². The van der Waals surface area contributed by atoms with Crippen molar-refractivity contribution in [2.75, 3.05) is 33.0 Å². The van der Waals surface area contributed by atoms with Crippen molar-refractivity contribution >= 4 is 5.97 Å². The number of rotatable bonds is 35. The zero-order valence-electron chi connectivity index (χ0n) is 37.6. The Morgan fingerprint density at radius 2 is 1.05 bits per heavy atom. The number of hydrogen-bond acceptors (Lipinski definition) is 14. The maximum Gasteiger partial charge on any atom is 0.306 e. The Kier molecular flexibility index (Phi) is 32.4. The van der Waals surface area contributed by atoms with Gasteiger partial charge in [-0.15, -0.1) is 0 Å². The summed E-state index contributed by atoms with van der Waals surface area (Å²) in [4.78, 5) is 12.9. The summed E-state index contributed by atoms with van der Waals surface area (Å²) in [6.07, 6.45) is 24.4. The van der Waals surface area contributed by atoms with Crippen molar-refractivity contribution < 1.29 is 69.0 Å². The van der Waals surface area contributed by atoms with Crippen molar-refractivity contribution in [2.45, 2.75) is 203 Å². The summed E-state index contributed by atoms with van der Waals surface area (Å²) in [7, 11) is 0. The van der Waals surface area contributed by atoms with Gasteiger partial charge in [0.1, 0.15) is 54.9 Å². The highest BCUT2D eigenvalue weighted by atomic mass is 16.7. The third kappa shape index (κ3) is 24.1. The average molecular weight is 883 g/mol. The lowest BCUT2D eigenvalue weighted by Crippen LogP contribution is -2.61. The first-order valence-corrected chi connectivity index (χ1v) is 23.4. The molecule has 0 spiro atoms. The Morgan fingerprint density at radius 1 is 0.548 bits per heavy atom. The number of hydrogen-bond donors (Lipinski definition) is 7. The molecule has 2 fully saturated rings. The quantitative estimate of drug-likeness (QED) is 0.0228. The number of aliphatic hydroxyl groups excluding tert-OH is 7. The second-order valence-corrected chi connectivity index (χ2v) is 16.2. The fraction of sp³-hybridized carbons (Fsp3) is 0.771. The van der Waals surface area contributed by atoms with Crippen molar-refractivity contribution in [2.24, 2.45) is 0 Å². The SMILES string of the molecule is CC/C=C\C/C=C\C/C=C\C/C=C\C/C=C\CCCCOCC(COC1OC(COC2OC(CO)C(O)C(O)C2O)C(O)C(O)C1O)OC(=O)CCCCCCCCCCCC. The standard InChI is InChI=1S/C48H82O14/c1-3-5-7-9-11-13-15-16-17-18-19-20-21-22-24-26-28-30-32-57-34-37(60-40(50)31-29-27-25-23-14-12-10-8-6-4-2)35-58-47-46(56)44(54)42(52)39(62-47)36-59-48-45(55)43(53)41(51)38(33-49)61-48/h5,7,11,13,16-17,19-20,22,24,37-39,41-49,51-56H,3-4,6,8-10,12,14-15,18,21,23,25-36H2,1-2H3/b7-5-,13-11-,17-16-,20-19-,24-22-. The third-order valence-electron chi connectivity index (χ3n) is 10.8. The molecule has 0 aromatic rings. The van der Waals surface area contributed by atoms with Gasteiger partial charge in [0.05, 0.1) is 26.4 Å². The molecule has 7 N–H and O–H groups in total. The molecule has 14 heteroatoms. The van der Waals surface area contributed by atoms with Crippen LogP contribution in [0.3, 0.4) is 0 Å². The van der Waals surface area contributed by atoms with Gasteiger partial charge < -0.3 is 64.2 Å². The summed E-state index contributed by atoms with van der Waals surface area (Å²) in [6, 6.07) is 0. The van der Waals surface area contributed by atoms with E-state index in [1.165, 1.54) is 38.5 Å². The van der Waals surface area contributed by atoms with Crippen LogP contribution in [0.1, 0.15) is 136 Å². The maximum atomic E-state index is 12.9. The number of aliphatic hydroxyl groups is 7. The highest BCUT2D eigenvalue weighted by molar-refractivity contribution is 5.69. The van der Waals surface area contributed by atoms with E-state index in [0.717, 1.165) is 70.6 Å². The van der Waals surface area contributed by atoms with Crippen LogP contribution >= 0.6 is 0 Å². The van der Waals surface area contributed by atoms with Crippen LogP contribution in [0.25, 0.3) is 0 Å². The van der Waals surface area contributed by atoms with Crippen LogP contribution in [0.5, 0.6) is 0 Å². The van der Waals surface area contributed by atoms with Crippen molar-refractivity contribution in [1.29, 1.82) is 0 Å². The summed E-state index contributed by atoms with van der Waals surface area (Å²) in [6.45, 7) is 3.42.